The van der Waals surface area contributed by atoms with Crippen molar-refractivity contribution < 1.29 is 9.18 Å². The van der Waals surface area contributed by atoms with E-state index in [1.54, 1.807) is 0 Å². The zero-order valence-corrected chi connectivity index (χ0v) is 6.94. The predicted octanol–water partition coefficient (Wildman–Crippen LogP) is 2.40. The van der Waals surface area contributed by atoms with E-state index in [9.17, 15) is 9.18 Å². The molecule has 0 N–H and O–H groups in total. The van der Waals surface area contributed by atoms with E-state index in [0.29, 0.717) is 5.03 Å². The highest BCUT2D eigenvalue weighted by molar-refractivity contribution is 6.64. The van der Waals surface area contributed by atoms with Crippen LogP contribution < -0.4 is 0 Å². The van der Waals surface area contributed by atoms with Crippen molar-refractivity contribution in [2.24, 2.45) is 5.92 Å². The number of alkyl halides is 1. The first-order chi connectivity index (χ1) is 5.11. The maximum Gasteiger partial charge on any atom is 0.231 e. The molecule has 0 aromatic carbocycles. The lowest BCUT2D eigenvalue weighted by Gasteiger charge is -2.13. The predicted molar refractivity (Wildman–Crippen MR) is 42.3 cm³/mol. The SMILES string of the molecule is O=C(Cl)C1C=CC(Cl)=CC1F. The van der Waals surface area contributed by atoms with Crippen LogP contribution in [0.5, 0.6) is 0 Å². The summed E-state index contributed by atoms with van der Waals surface area (Å²) in [6.07, 6.45) is 2.59. The van der Waals surface area contributed by atoms with E-state index < -0.39 is 17.3 Å². The Labute approximate surface area is 73.5 Å². The van der Waals surface area contributed by atoms with Gasteiger partial charge in [-0.2, -0.15) is 0 Å². The molecule has 1 nitrogen and oxygen atoms in total. The second-order valence-corrected chi connectivity index (χ2v) is 2.99. The lowest BCUT2D eigenvalue weighted by Crippen LogP contribution is -2.19. The Bertz CT molecular complexity index is 235. The van der Waals surface area contributed by atoms with Gasteiger partial charge in [-0.25, -0.2) is 4.39 Å². The molecule has 0 saturated heterocycles. The van der Waals surface area contributed by atoms with Crippen molar-refractivity contribution in [1.82, 2.24) is 0 Å². The zero-order chi connectivity index (χ0) is 8.43. The Morgan fingerprint density at radius 2 is 2.27 bits per heavy atom. The maximum absolute atomic E-state index is 12.8. The summed E-state index contributed by atoms with van der Waals surface area (Å²) in [5.41, 5.74) is 0. The van der Waals surface area contributed by atoms with Gasteiger partial charge in [-0.1, -0.05) is 17.7 Å². The van der Waals surface area contributed by atoms with Crippen LogP contribution in [-0.4, -0.2) is 11.4 Å². The van der Waals surface area contributed by atoms with Crippen LogP contribution in [0.25, 0.3) is 0 Å². The summed E-state index contributed by atoms with van der Waals surface area (Å²) in [5.74, 6) is -0.876. The minimum atomic E-state index is -1.39. The van der Waals surface area contributed by atoms with Gasteiger partial charge in [0, 0.05) is 5.03 Å². The van der Waals surface area contributed by atoms with E-state index in [2.05, 4.69) is 0 Å². The van der Waals surface area contributed by atoms with Crippen molar-refractivity contribution in [2.75, 3.05) is 0 Å². The summed E-state index contributed by atoms with van der Waals surface area (Å²) >= 11 is 10.6. The monoisotopic (exact) mass is 194 g/mol. The smallest absolute Gasteiger partial charge is 0.231 e. The second kappa shape index (κ2) is 3.37. The van der Waals surface area contributed by atoms with Crippen LogP contribution in [0.15, 0.2) is 23.3 Å². The fourth-order valence-electron chi connectivity index (χ4n) is 0.814. The van der Waals surface area contributed by atoms with Gasteiger partial charge in [-0.3, -0.25) is 4.79 Å². The minimum absolute atomic E-state index is 0.298. The van der Waals surface area contributed by atoms with E-state index in [1.807, 2.05) is 0 Å². The van der Waals surface area contributed by atoms with Gasteiger partial charge in [0.25, 0.3) is 0 Å². The molecule has 11 heavy (non-hydrogen) atoms. The lowest BCUT2D eigenvalue weighted by atomic mass is 10.0. The van der Waals surface area contributed by atoms with Crippen molar-refractivity contribution in [3.05, 3.63) is 23.3 Å². The highest BCUT2D eigenvalue weighted by atomic mass is 35.5. The summed E-state index contributed by atoms with van der Waals surface area (Å²) in [4.78, 5) is 10.5. The van der Waals surface area contributed by atoms with E-state index in [1.165, 1.54) is 12.2 Å². The number of allylic oxidation sites excluding steroid dienone is 4. The normalized spacial score (nSPS) is 29.9. The van der Waals surface area contributed by atoms with Gasteiger partial charge >= 0.3 is 0 Å². The molecule has 1 aliphatic rings. The quantitative estimate of drug-likeness (QED) is 0.587. The molecular weight excluding hydrogens is 190 g/mol. The molecule has 1 aliphatic carbocycles. The molecule has 0 amide bonds. The first-order valence-electron chi connectivity index (χ1n) is 3.00. The summed E-state index contributed by atoms with van der Waals surface area (Å²) < 4.78 is 12.8. The Morgan fingerprint density at radius 1 is 1.64 bits per heavy atom. The molecule has 1 rings (SSSR count). The zero-order valence-electron chi connectivity index (χ0n) is 5.43. The van der Waals surface area contributed by atoms with Gasteiger partial charge < -0.3 is 0 Å². The van der Waals surface area contributed by atoms with Crippen LogP contribution in [0.2, 0.25) is 0 Å². The molecule has 4 heteroatoms. The second-order valence-electron chi connectivity index (χ2n) is 2.18. The van der Waals surface area contributed by atoms with Crippen LogP contribution in [0.1, 0.15) is 0 Å². The summed E-state index contributed by atoms with van der Waals surface area (Å²) in [7, 11) is 0. The Hall–Kier alpha value is -0.340. The minimum Gasteiger partial charge on any atom is -0.281 e. The highest BCUT2D eigenvalue weighted by Crippen LogP contribution is 2.23. The Morgan fingerprint density at radius 3 is 2.73 bits per heavy atom. The molecule has 2 atom stereocenters. The molecule has 2 unspecified atom stereocenters. The van der Waals surface area contributed by atoms with E-state index in [-0.39, 0.29) is 0 Å². The molecule has 0 bridgehead atoms. The van der Waals surface area contributed by atoms with Crippen LogP contribution in [0.3, 0.4) is 0 Å². The first-order valence-corrected chi connectivity index (χ1v) is 3.76. The van der Waals surface area contributed by atoms with Crippen molar-refractivity contribution in [1.29, 1.82) is 0 Å². The van der Waals surface area contributed by atoms with Gasteiger partial charge in [0.1, 0.15) is 6.17 Å². The maximum atomic E-state index is 12.8. The van der Waals surface area contributed by atoms with Crippen LogP contribution in [-0.2, 0) is 4.79 Å². The largest absolute Gasteiger partial charge is 0.281 e. The fraction of sp³-hybridized carbons (Fsp3) is 0.286. The van der Waals surface area contributed by atoms with E-state index >= 15 is 0 Å². The third-order valence-corrected chi connectivity index (χ3v) is 1.89. The van der Waals surface area contributed by atoms with Gasteiger partial charge in [-0.05, 0) is 23.8 Å². The number of carbonyl (C=O) groups excluding carboxylic acids is 1. The molecule has 0 heterocycles. The fourth-order valence-corrected chi connectivity index (χ4v) is 1.20. The Kier molecular flexibility index (Phi) is 2.68. The molecule has 0 spiro atoms. The van der Waals surface area contributed by atoms with Crippen molar-refractivity contribution >= 4 is 28.4 Å². The molecule has 0 radical (unpaired) electrons. The lowest BCUT2D eigenvalue weighted by molar-refractivity contribution is -0.114. The van der Waals surface area contributed by atoms with Gasteiger partial charge in [0.15, 0.2) is 0 Å². The molecule has 60 valence electrons. The Balaban J connectivity index is 2.77. The van der Waals surface area contributed by atoms with Crippen molar-refractivity contribution in [3.8, 4) is 0 Å². The molecule has 0 aromatic heterocycles. The average molecular weight is 195 g/mol. The molecular formula is C7H5Cl2FO. The molecule has 0 aliphatic heterocycles. The van der Waals surface area contributed by atoms with E-state index in [0.717, 1.165) is 6.08 Å². The molecule has 0 fully saturated rings. The summed E-state index contributed by atoms with van der Waals surface area (Å²) in [5, 5.41) is -0.402. The van der Waals surface area contributed by atoms with Crippen molar-refractivity contribution in [2.45, 2.75) is 6.17 Å². The van der Waals surface area contributed by atoms with Crippen LogP contribution in [0.4, 0.5) is 4.39 Å². The third kappa shape index (κ3) is 2.04. The summed E-state index contributed by atoms with van der Waals surface area (Å²) in [6, 6.07) is 0. The number of halogens is 3. The standard InChI is InChI=1S/C7H5Cl2FO/c8-4-1-2-5(7(9)11)6(10)3-4/h1-3,5-6H. The first kappa shape index (κ1) is 8.75. The average Bonchev–Trinajstić information content (AvgIpc) is 1.85. The topological polar surface area (TPSA) is 17.1 Å². The number of hydrogen-bond acceptors (Lipinski definition) is 1. The summed E-state index contributed by atoms with van der Waals surface area (Å²) in [6.45, 7) is 0. The molecule has 0 aromatic rings. The number of carbonyl (C=O) groups is 1. The third-order valence-electron chi connectivity index (χ3n) is 1.39. The van der Waals surface area contributed by atoms with Crippen LogP contribution >= 0.6 is 23.2 Å². The highest BCUT2D eigenvalue weighted by Gasteiger charge is 2.25. The van der Waals surface area contributed by atoms with Crippen molar-refractivity contribution in [3.63, 3.8) is 0 Å². The van der Waals surface area contributed by atoms with E-state index in [4.69, 9.17) is 23.2 Å². The number of rotatable bonds is 1. The number of hydrogen-bond donors (Lipinski definition) is 0. The van der Waals surface area contributed by atoms with Gasteiger partial charge in [0.2, 0.25) is 5.24 Å². The van der Waals surface area contributed by atoms with Crippen LogP contribution in [0, 0.1) is 5.92 Å². The van der Waals surface area contributed by atoms with Gasteiger partial charge in [0.05, 0.1) is 5.92 Å². The van der Waals surface area contributed by atoms with Gasteiger partial charge in [-0.15, -0.1) is 0 Å². The molecule has 0 saturated carbocycles.